The van der Waals surface area contributed by atoms with Gasteiger partial charge in [-0.3, -0.25) is 19.5 Å². The Morgan fingerprint density at radius 3 is 2.64 bits per heavy atom. The van der Waals surface area contributed by atoms with Gasteiger partial charge in [-0.1, -0.05) is 30.3 Å². The summed E-state index contributed by atoms with van der Waals surface area (Å²) in [5, 5.41) is 14.7. The molecule has 0 aliphatic heterocycles. The lowest BCUT2D eigenvalue weighted by Crippen LogP contribution is -2.22. The van der Waals surface area contributed by atoms with Crippen molar-refractivity contribution in [2.45, 2.75) is 13.3 Å². The highest BCUT2D eigenvalue weighted by atomic mass is 16.6. The van der Waals surface area contributed by atoms with E-state index in [1.807, 2.05) is 30.3 Å². The Bertz CT molecular complexity index is 997. The van der Waals surface area contributed by atoms with Crippen molar-refractivity contribution in [2.75, 3.05) is 11.9 Å². The van der Waals surface area contributed by atoms with E-state index in [2.05, 4.69) is 10.3 Å². The molecule has 0 aliphatic carbocycles. The first-order valence-electron chi connectivity index (χ1n) is 7.91. The third-order valence-corrected chi connectivity index (χ3v) is 4.17. The molecule has 2 aromatic carbocycles. The maximum Gasteiger partial charge on any atom is 0.273 e. The minimum absolute atomic E-state index is 0.0881. The zero-order valence-electron chi connectivity index (χ0n) is 14.0. The fourth-order valence-electron chi connectivity index (χ4n) is 2.72. The van der Waals surface area contributed by atoms with Crippen LogP contribution in [0.4, 0.5) is 11.4 Å². The first kappa shape index (κ1) is 16.6. The monoisotopic (exact) mass is 338 g/mol. The molecule has 0 radical (unpaired) electrons. The summed E-state index contributed by atoms with van der Waals surface area (Å²) in [6, 6.07) is 12.6. The lowest BCUT2D eigenvalue weighted by molar-refractivity contribution is -0.384. The van der Waals surface area contributed by atoms with Gasteiger partial charge in [0.1, 0.15) is 5.82 Å². The minimum Gasteiger partial charge on any atom is -0.384 e. The molecule has 0 saturated heterocycles. The number of nitro groups is 1. The number of aryl methyl sites for hydroxylation is 1. The summed E-state index contributed by atoms with van der Waals surface area (Å²) in [4.78, 5) is 27.6. The van der Waals surface area contributed by atoms with E-state index in [0.717, 1.165) is 12.0 Å². The summed E-state index contributed by atoms with van der Waals surface area (Å²) in [6.07, 6.45) is 0.741. The third-order valence-electron chi connectivity index (χ3n) is 4.17. The van der Waals surface area contributed by atoms with E-state index in [9.17, 15) is 14.9 Å². The van der Waals surface area contributed by atoms with Gasteiger partial charge < -0.3 is 5.32 Å². The number of nitro benzene ring substituents is 1. The molecular formula is C18H18N4O3. The quantitative estimate of drug-likeness (QED) is 0.571. The van der Waals surface area contributed by atoms with Crippen LogP contribution in [0.1, 0.15) is 11.4 Å². The summed E-state index contributed by atoms with van der Waals surface area (Å²) >= 11 is 0. The minimum atomic E-state index is -0.476. The van der Waals surface area contributed by atoms with Crippen molar-refractivity contribution in [1.82, 2.24) is 9.55 Å². The molecule has 0 unspecified atom stereocenters. The second-order valence-electron chi connectivity index (χ2n) is 5.83. The summed E-state index contributed by atoms with van der Waals surface area (Å²) in [5.41, 5.74) is 1.60. The summed E-state index contributed by atoms with van der Waals surface area (Å²) in [6.45, 7) is 2.25. The van der Waals surface area contributed by atoms with Crippen LogP contribution in [-0.4, -0.2) is 21.0 Å². The van der Waals surface area contributed by atoms with Crippen molar-refractivity contribution < 1.29 is 4.92 Å². The standard InChI is InChI=1S/C18H18N4O3/c1-12-20-16-11-14(22(24)25)10-15(17(16)18(23)21(12)2)19-9-8-13-6-4-3-5-7-13/h3-7,10-11,19H,8-9H2,1-2H3. The van der Waals surface area contributed by atoms with Gasteiger partial charge in [0.25, 0.3) is 11.2 Å². The molecule has 0 atom stereocenters. The molecule has 0 fully saturated rings. The zero-order valence-corrected chi connectivity index (χ0v) is 14.0. The van der Waals surface area contributed by atoms with Crippen LogP contribution >= 0.6 is 0 Å². The van der Waals surface area contributed by atoms with Crippen molar-refractivity contribution in [1.29, 1.82) is 0 Å². The molecule has 0 bridgehead atoms. The number of nitrogens with zero attached hydrogens (tertiary/aromatic N) is 3. The molecule has 1 heterocycles. The van der Waals surface area contributed by atoms with Crippen molar-refractivity contribution in [3.8, 4) is 0 Å². The van der Waals surface area contributed by atoms with E-state index in [1.165, 1.54) is 16.7 Å². The van der Waals surface area contributed by atoms with Gasteiger partial charge in [0.05, 0.1) is 21.5 Å². The number of hydrogen-bond donors (Lipinski definition) is 1. The molecule has 3 aromatic rings. The van der Waals surface area contributed by atoms with Crippen LogP contribution in [0.3, 0.4) is 0 Å². The van der Waals surface area contributed by atoms with Crippen LogP contribution in [0.25, 0.3) is 10.9 Å². The van der Waals surface area contributed by atoms with Crippen LogP contribution in [0.15, 0.2) is 47.3 Å². The number of fused-ring (bicyclic) bond motifs is 1. The van der Waals surface area contributed by atoms with E-state index in [1.54, 1.807) is 14.0 Å². The molecule has 0 spiro atoms. The van der Waals surface area contributed by atoms with Crippen LogP contribution < -0.4 is 10.9 Å². The molecule has 128 valence electrons. The summed E-state index contributed by atoms with van der Waals surface area (Å²) < 4.78 is 1.44. The highest BCUT2D eigenvalue weighted by molar-refractivity contribution is 5.93. The molecule has 3 rings (SSSR count). The van der Waals surface area contributed by atoms with E-state index in [0.29, 0.717) is 29.0 Å². The van der Waals surface area contributed by atoms with Gasteiger partial charge in [-0.05, 0) is 18.9 Å². The van der Waals surface area contributed by atoms with E-state index in [-0.39, 0.29) is 11.2 Å². The largest absolute Gasteiger partial charge is 0.384 e. The highest BCUT2D eigenvalue weighted by Crippen LogP contribution is 2.26. The topological polar surface area (TPSA) is 90.1 Å². The second kappa shape index (κ2) is 6.72. The van der Waals surface area contributed by atoms with Crippen molar-refractivity contribution in [3.05, 3.63) is 74.3 Å². The fourth-order valence-corrected chi connectivity index (χ4v) is 2.72. The van der Waals surface area contributed by atoms with Crippen molar-refractivity contribution in [2.24, 2.45) is 7.05 Å². The lowest BCUT2D eigenvalue weighted by atomic mass is 10.1. The zero-order chi connectivity index (χ0) is 18.0. The summed E-state index contributed by atoms with van der Waals surface area (Å²) in [7, 11) is 1.64. The van der Waals surface area contributed by atoms with Gasteiger partial charge in [-0.2, -0.15) is 0 Å². The van der Waals surface area contributed by atoms with Crippen molar-refractivity contribution in [3.63, 3.8) is 0 Å². The molecular weight excluding hydrogens is 320 g/mol. The Morgan fingerprint density at radius 1 is 1.24 bits per heavy atom. The number of benzene rings is 2. The Morgan fingerprint density at radius 2 is 1.96 bits per heavy atom. The first-order valence-corrected chi connectivity index (χ1v) is 7.91. The molecule has 25 heavy (non-hydrogen) atoms. The Labute approximate surface area is 144 Å². The van der Waals surface area contributed by atoms with Gasteiger partial charge in [0.2, 0.25) is 0 Å². The molecule has 0 saturated carbocycles. The Hall–Kier alpha value is -3.22. The van der Waals surface area contributed by atoms with E-state index < -0.39 is 4.92 Å². The van der Waals surface area contributed by atoms with E-state index in [4.69, 9.17) is 0 Å². The van der Waals surface area contributed by atoms with Gasteiger partial charge in [-0.15, -0.1) is 0 Å². The number of hydrogen-bond acceptors (Lipinski definition) is 5. The van der Waals surface area contributed by atoms with Gasteiger partial charge in [0.15, 0.2) is 0 Å². The smallest absolute Gasteiger partial charge is 0.273 e. The number of aromatic nitrogens is 2. The van der Waals surface area contributed by atoms with Crippen LogP contribution in [0, 0.1) is 17.0 Å². The number of anilines is 1. The molecule has 0 aliphatic rings. The predicted octanol–water partition coefficient (Wildman–Crippen LogP) is 2.80. The number of non-ortho nitro benzene ring substituents is 1. The molecule has 1 N–H and O–H groups in total. The normalized spacial score (nSPS) is 10.8. The maximum atomic E-state index is 12.6. The lowest BCUT2D eigenvalue weighted by Gasteiger charge is -2.11. The molecule has 0 amide bonds. The maximum absolute atomic E-state index is 12.6. The SMILES string of the molecule is Cc1nc2cc([N+](=O)[O-])cc(NCCc3ccccc3)c2c(=O)n1C. The Balaban J connectivity index is 2.01. The summed E-state index contributed by atoms with van der Waals surface area (Å²) in [5.74, 6) is 0.508. The average Bonchev–Trinajstić information content (AvgIpc) is 2.60. The van der Waals surface area contributed by atoms with Crippen LogP contribution in [-0.2, 0) is 13.5 Å². The number of nitrogens with one attached hydrogen (secondary N) is 1. The van der Waals surface area contributed by atoms with Crippen LogP contribution in [0.2, 0.25) is 0 Å². The van der Waals surface area contributed by atoms with Crippen LogP contribution in [0.5, 0.6) is 0 Å². The fraction of sp³-hybridized carbons (Fsp3) is 0.222. The molecule has 1 aromatic heterocycles. The number of rotatable bonds is 5. The third kappa shape index (κ3) is 3.35. The molecule has 7 heteroatoms. The highest BCUT2D eigenvalue weighted by Gasteiger charge is 2.16. The van der Waals surface area contributed by atoms with Gasteiger partial charge in [-0.25, -0.2) is 4.98 Å². The van der Waals surface area contributed by atoms with Crippen molar-refractivity contribution >= 4 is 22.3 Å². The predicted molar refractivity (Wildman–Crippen MR) is 97.0 cm³/mol. The van der Waals surface area contributed by atoms with Gasteiger partial charge >= 0.3 is 0 Å². The Kier molecular flexibility index (Phi) is 4.47. The first-order chi connectivity index (χ1) is 12.0. The van der Waals surface area contributed by atoms with E-state index >= 15 is 0 Å². The molecule has 7 nitrogen and oxygen atoms in total. The van der Waals surface area contributed by atoms with Gasteiger partial charge in [0, 0.05) is 25.7 Å². The average molecular weight is 338 g/mol. The second-order valence-corrected chi connectivity index (χ2v) is 5.83.